The zero-order valence-electron chi connectivity index (χ0n) is 15.2. The van der Waals surface area contributed by atoms with Gasteiger partial charge in [0.25, 0.3) is 0 Å². The van der Waals surface area contributed by atoms with Gasteiger partial charge in [0.15, 0.2) is 0 Å². The topological polar surface area (TPSA) is 47.8 Å². The molecule has 4 rings (SSSR count). The number of aromatic nitrogens is 1. The van der Waals surface area contributed by atoms with Gasteiger partial charge in [-0.05, 0) is 55.8 Å². The number of rotatable bonds is 4. The van der Waals surface area contributed by atoms with Gasteiger partial charge in [0.2, 0.25) is 5.78 Å². The number of esters is 1. The molecule has 3 aromatic heterocycles. The van der Waals surface area contributed by atoms with Gasteiger partial charge in [0.05, 0.1) is 32.3 Å². The smallest absolute Gasteiger partial charge is 0.341 e. The summed E-state index contributed by atoms with van der Waals surface area (Å²) in [5.41, 5.74) is 3.35. The van der Waals surface area contributed by atoms with E-state index < -0.39 is 5.97 Å². The number of carbonyl (C=O) groups excluding carboxylic acids is 2. The van der Waals surface area contributed by atoms with E-state index in [1.54, 1.807) is 31.2 Å². The lowest BCUT2D eigenvalue weighted by Crippen LogP contribution is -2.06. The van der Waals surface area contributed by atoms with Crippen molar-refractivity contribution < 1.29 is 14.3 Å². The minimum absolute atomic E-state index is 0.176. The highest BCUT2D eigenvalue weighted by Gasteiger charge is 2.28. The molecule has 3 heterocycles. The molecule has 28 heavy (non-hydrogen) atoms. The molecule has 7 heteroatoms. The van der Waals surface area contributed by atoms with Crippen LogP contribution in [0.1, 0.15) is 38.1 Å². The number of pyridine rings is 1. The van der Waals surface area contributed by atoms with Crippen LogP contribution in [0, 0.1) is 6.92 Å². The summed E-state index contributed by atoms with van der Waals surface area (Å²) < 4.78 is 7.87. The Labute approximate surface area is 176 Å². The molecule has 0 spiro atoms. The van der Waals surface area contributed by atoms with Crippen LogP contribution in [-0.4, -0.2) is 22.8 Å². The van der Waals surface area contributed by atoms with E-state index in [1.165, 1.54) is 11.3 Å². The molecule has 0 unspecified atom stereocenters. The minimum atomic E-state index is -0.447. The first-order valence-corrected chi connectivity index (χ1v) is 10.3. The molecule has 0 amide bonds. The zero-order chi connectivity index (χ0) is 20.0. The van der Waals surface area contributed by atoms with E-state index in [-0.39, 0.29) is 12.4 Å². The highest BCUT2D eigenvalue weighted by Crippen LogP contribution is 2.41. The van der Waals surface area contributed by atoms with Crippen LogP contribution in [0.5, 0.6) is 0 Å². The first kappa shape index (κ1) is 19.1. The Hall–Kier alpha value is -2.28. The van der Waals surface area contributed by atoms with E-state index in [0.717, 1.165) is 11.1 Å². The summed E-state index contributed by atoms with van der Waals surface area (Å²) in [6.45, 7) is 3.97. The van der Waals surface area contributed by atoms with Crippen LogP contribution < -0.4 is 0 Å². The lowest BCUT2D eigenvalue weighted by atomic mass is 10.1. The second-order valence-corrected chi connectivity index (χ2v) is 8.56. The van der Waals surface area contributed by atoms with Crippen molar-refractivity contribution in [2.45, 2.75) is 18.1 Å². The van der Waals surface area contributed by atoms with Gasteiger partial charge >= 0.3 is 5.97 Å². The molecule has 0 aliphatic rings. The van der Waals surface area contributed by atoms with E-state index >= 15 is 0 Å². The summed E-state index contributed by atoms with van der Waals surface area (Å²) in [6.07, 6.45) is 1.89. The van der Waals surface area contributed by atoms with Gasteiger partial charge in [-0.3, -0.25) is 4.79 Å². The number of benzene rings is 1. The molecule has 4 aromatic rings. The number of ether oxygens (including phenoxy) is 1. The first-order valence-electron chi connectivity index (χ1n) is 8.66. The van der Waals surface area contributed by atoms with Crippen molar-refractivity contribution >= 4 is 63.7 Å². The lowest BCUT2D eigenvalue weighted by Gasteiger charge is -2.04. The number of thiophene rings is 1. The average molecular weight is 430 g/mol. The summed E-state index contributed by atoms with van der Waals surface area (Å²) in [4.78, 5) is 26.5. The predicted molar refractivity (Wildman–Crippen MR) is 116 cm³/mol. The van der Waals surface area contributed by atoms with Crippen LogP contribution in [0.2, 0.25) is 5.02 Å². The Balaban J connectivity index is 2.05. The molecule has 0 aliphatic carbocycles. The fraction of sp³-hybridized carbons (Fsp3) is 0.143. The Morgan fingerprint density at radius 1 is 1.21 bits per heavy atom. The number of ketones is 1. The SMILES string of the molecule is CCOC(=O)c1c2c(C(=O)c3ccc(Cl)cc3)sc(S)c2n2ccc(C)cc12. The molecule has 0 saturated carbocycles. The monoisotopic (exact) mass is 429 g/mol. The normalized spacial score (nSPS) is 11.3. The summed E-state index contributed by atoms with van der Waals surface area (Å²) in [5, 5.41) is 1.14. The van der Waals surface area contributed by atoms with Crippen molar-refractivity contribution in [3.8, 4) is 0 Å². The zero-order valence-corrected chi connectivity index (χ0v) is 17.6. The van der Waals surface area contributed by atoms with E-state index in [9.17, 15) is 9.59 Å². The number of carbonyl (C=O) groups is 2. The molecule has 0 radical (unpaired) electrons. The maximum absolute atomic E-state index is 13.2. The second-order valence-electron chi connectivity index (χ2n) is 6.35. The van der Waals surface area contributed by atoms with Crippen molar-refractivity contribution in [1.82, 2.24) is 4.40 Å². The number of aryl methyl sites for hydroxylation is 1. The van der Waals surface area contributed by atoms with Gasteiger partial charge in [-0.15, -0.1) is 24.0 Å². The third kappa shape index (κ3) is 3.02. The van der Waals surface area contributed by atoms with E-state index in [4.69, 9.17) is 16.3 Å². The quantitative estimate of drug-likeness (QED) is 0.253. The molecule has 1 aromatic carbocycles. The van der Waals surface area contributed by atoms with Gasteiger partial charge in [-0.2, -0.15) is 0 Å². The van der Waals surface area contributed by atoms with Crippen LogP contribution >= 0.6 is 35.6 Å². The Kier molecular flexibility index (Phi) is 4.95. The number of thiol groups is 1. The highest BCUT2D eigenvalue weighted by atomic mass is 35.5. The fourth-order valence-corrected chi connectivity index (χ4v) is 4.91. The van der Waals surface area contributed by atoms with Gasteiger partial charge in [-0.25, -0.2) is 4.79 Å². The van der Waals surface area contributed by atoms with Crippen LogP contribution in [0.25, 0.3) is 16.4 Å². The van der Waals surface area contributed by atoms with Crippen molar-refractivity contribution in [2.75, 3.05) is 6.61 Å². The minimum Gasteiger partial charge on any atom is -0.462 e. The fourth-order valence-electron chi connectivity index (χ4n) is 3.29. The molecular weight excluding hydrogens is 414 g/mol. The second kappa shape index (κ2) is 7.28. The first-order chi connectivity index (χ1) is 13.4. The van der Waals surface area contributed by atoms with E-state index in [0.29, 0.717) is 36.1 Å². The van der Waals surface area contributed by atoms with Crippen LogP contribution in [0.15, 0.2) is 46.8 Å². The molecule has 0 bridgehead atoms. The molecule has 142 valence electrons. The molecule has 0 fully saturated rings. The van der Waals surface area contributed by atoms with Crippen molar-refractivity contribution in [3.63, 3.8) is 0 Å². The average Bonchev–Trinajstić information content (AvgIpc) is 3.17. The molecule has 0 aliphatic heterocycles. The Bertz CT molecular complexity index is 1240. The molecule has 0 saturated heterocycles. The maximum Gasteiger partial charge on any atom is 0.341 e. The van der Waals surface area contributed by atoms with Gasteiger partial charge in [-0.1, -0.05) is 11.6 Å². The van der Waals surface area contributed by atoms with Gasteiger partial charge in [0.1, 0.15) is 0 Å². The summed E-state index contributed by atoms with van der Waals surface area (Å²) in [6, 6.07) is 10.6. The number of fused-ring (bicyclic) bond motifs is 3. The van der Waals surface area contributed by atoms with E-state index in [2.05, 4.69) is 12.6 Å². The third-order valence-corrected chi connectivity index (χ3v) is 6.23. The van der Waals surface area contributed by atoms with Crippen molar-refractivity contribution in [1.29, 1.82) is 0 Å². The standard InChI is InChI=1S/C21H16ClNO3S2/c1-3-26-20(25)15-14-10-11(2)8-9-23(14)17-16(15)19(28-21(17)27)18(24)12-4-6-13(22)7-5-12/h4-10,27H,3H2,1-2H3. The highest BCUT2D eigenvalue weighted by molar-refractivity contribution is 7.83. The molecule has 0 atom stereocenters. The lowest BCUT2D eigenvalue weighted by molar-refractivity contribution is 0.0531. The number of hydrogen-bond acceptors (Lipinski definition) is 5. The third-order valence-electron chi connectivity index (χ3n) is 4.51. The van der Waals surface area contributed by atoms with E-state index in [1.807, 2.05) is 29.7 Å². The van der Waals surface area contributed by atoms with Crippen molar-refractivity contribution in [2.24, 2.45) is 0 Å². The van der Waals surface area contributed by atoms with Crippen LogP contribution in [-0.2, 0) is 4.74 Å². The summed E-state index contributed by atoms with van der Waals surface area (Å²) in [5.74, 6) is -0.623. The molecular formula is C21H16ClNO3S2. The number of hydrogen-bond donors (Lipinski definition) is 1. The number of halogens is 1. The molecule has 4 nitrogen and oxygen atoms in total. The van der Waals surface area contributed by atoms with Crippen LogP contribution in [0.3, 0.4) is 0 Å². The van der Waals surface area contributed by atoms with Gasteiger partial charge in [0, 0.05) is 22.2 Å². The van der Waals surface area contributed by atoms with Crippen LogP contribution in [0.4, 0.5) is 0 Å². The van der Waals surface area contributed by atoms with Gasteiger partial charge < -0.3 is 9.14 Å². The predicted octanol–water partition coefficient (Wildman–Crippen LogP) is 5.81. The largest absolute Gasteiger partial charge is 0.462 e. The Morgan fingerprint density at radius 2 is 1.93 bits per heavy atom. The maximum atomic E-state index is 13.2. The van der Waals surface area contributed by atoms with Crippen molar-refractivity contribution in [3.05, 3.63) is 69.2 Å². The number of nitrogens with zero attached hydrogens (tertiary/aromatic N) is 1. The molecule has 0 N–H and O–H groups in total. The Morgan fingerprint density at radius 3 is 2.61 bits per heavy atom. The summed E-state index contributed by atoms with van der Waals surface area (Å²) >= 11 is 11.8. The summed E-state index contributed by atoms with van der Waals surface area (Å²) in [7, 11) is 0.